The van der Waals surface area contributed by atoms with Gasteiger partial charge in [-0.2, -0.15) is 5.10 Å². The minimum atomic E-state index is 0.145. The van der Waals surface area contributed by atoms with Crippen LogP contribution < -0.4 is 4.90 Å². The summed E-state index contributed by atoms with van der Waals surface area (Å²) in [6.45, 7) is 2.93. The van der Waals surface area contributed by atoms with Crippen molar-refractivity contribution in [3.8, 4) is 11.3 Å². The van der Waals surface area contributed by atoms with E-state index in [9.17, 15) is 4.79 Å². The lowest BCUT2D eigenvalue weighted by Crippen LogP contribution is -2.49. The summed E-state index contributed by atoms with van der Waals surface area (Å²) in [6.07, 6.45) is 4.82. The number of nitrogens with zero attached hydrogens (tertiary/aromatic N) is 6. The Morgan fingerprint density at radius 3 is 2.52 bits per heavy atom. The minimum Gasteiger partial charge on any atom is -0.352 e. The van der Waals surface area contributed by atoms with Crippen LogP contribution in [0.5, 0.6) is 0 Å². The van der Waals surface area contributed by atoms with Gasteiger partial charge in [-0.3, -0.25) is 9.20 Å². The Morgan fingerprint density at radius 1 is 1.03 bits per heavy atom. The molecular weight excluding hydrogens is 456 g/mol. The normalized spacial score (nSPS) is 16.5. The van der Waals surface area contributed by atoms with Crippen LogP contribution in [0.2, 0.25) is 5.02 Å². The van der Waals surface area contributed by atoms with E-state index < -0.39 is 0 Å². The van der Waals surface area contributed by atoms with Crippen LogP contribution in [0.3, 0.4) is 0 Å². The summed E-state index contributed by atoms with van der Waals surface area (Å²) in [7, 11) is 0. The molecule has 0 unspecified atom stereocenters. The van der Waals surface area contributed by atoms with Crippen LogP contribution in [0.25, 0.3) is 16.2 Å². The number of piperazine rings is 1. The fraction of sp³-hybridized carbons (Fsp3) is 0.333. The number of thiazole rings is 1. The number of hydrogen-bond acceptors (Lipinski definition) is 6. The number of aromatic nitrogens is 4. The number of anilines is 1. The molecule has 3 aromatic heterocycles. The lowest BCUT2D eigenvalue weighted by atomic mass is 10.2. The number of carbonyl (C=O) groups is 1. The monoisotopic (exact) mass is 478 g/mol. The fourth-order valence-electron chi connectivity index (χ4n) is 4.27. The molecule has 9 heteroatoms. The highest BCUT2D eigenvalue weighted by Crippen LogP contribution is 2.38. The van der Waals surface area contributed by atoms with Crippen molar-refractivity contribution in [1.82, 2.24) is 24.5 Å². The Bertz CT molecular complexity index is 1290. The zero-order valence-electron chi connectivity index (χ0n) is 18.0. The van der Waals surface area contributed by atoms with Gasteiger partial charge in [0.1, 0.15) is 0 Å². The van der Waals surface area contributed by atoms with Crippen molar-refractivity contribution in [2.75, 3.05) is 31.1 Å². The molecule has 2 aliphatic rings. The molecule has 2 fully saturated rings. The van der Waals surface area contributed by atoms with Gasteiger partial charge in [0, 0.05) is 60.0 Å². The predicted molar refractivity (Wildman–Crippen MR) is 130 cm³/mol. The molecule has 1 aliphatic heterocycles. The van der Waals surface area contributed by atoms with Crippen LogP contribution in [-0.2, 0) is 11.2 Å². The van der Waals surface area contributed by atoms with Gasteiger partial charge in [0.25, 0.3) is 0 Å². The first-order valence-electron chi connectivity index (χ1n) is 11.2. The van der Waals surface area contributed by atoms with Crippen molar-refractivity contribution in [2.45, 2.75) is 25.2 Å². The molecule has 1 saturated heterocycles. The topological polar surface area (TPSA) is 66.6 Å². The van der Waals surface area contributed by atoms with Gasteiger partial charge in [0.15, 0.2) is 10.8 Å². The summed E-state index contributed by atoms with van der Waals surface area (Å²) in [4.78, 5) is 22.8. The number of carbonyl (C=O) groups excluding carboxylic acids is 1. The van der Waals surface area contributed by atoms with Crippen LogP contribution in [0.1, 0.15) is 30.1 Å². The van der Waals surface area contributed by atoms with Gasteiger partial charge in [0.2, 0.25) is 5.91 Å². The summed E-state index contributed by atoms with van der Waals surface area (Å²) in [6, 6.07) is 11.8. The predicted octanol–water partition coefficient (Wildman–Crippen LogP) is 4.27. The van der Waals surface area contributed by atoms with Gasteiger partial charge >= 0.3 is 0 Å². The first-order chi connectivity index (χ1) is 16.1. The van der Waals surface area contributed by atoms with Gasteiger partial charge in [-0.25, -0.2) is 4.98 Å². The molecule has 4 aromatic rings. The van der Waals surface area contributed by atoms with Gasteiger partial charge in [-0.1, -0.05) is 23.7 Å². The van der Waals surface area contributed by atoms with Gasteiger partial charge in [-0.05, 0) is 37.1 Å². The highest BCUT2D eigenvalue weighted by molar-refractivity contribution is 7.15. The molecular formula is C24H23ClN6OS. The number of fused-ring (bicyclic) bond motifs is 1. The third-order valence-electron chi connectivity index (χ3n) is 6.38. The Kier molecular flexibility index (Phi) is 5.27. The maximum absolute atomic E-state index is 13.0. The molecule has 168 valence electrons. The standard InChI is InChI=1S/C24H23ClN6OS/c25-18-5-3-17(4-6-18)21-14-31-19(15-33-24(31)26-21)13-23(32)30-11-9-29(10-12-30)22-8-7-20(27-28-22)16-1-2-16/h3-8,14-16H,1-2,9-13H2. The minimum absolute atomic E-state index is 0.145. The fourth-order valence-corrected chi connectivity index (χ4v) is 5.27. The summed E-state index contributed by atoms with van der Waals surface area (Å²) in [5, 5.41) is 11.5. The Morgan fingerprint density at radius 2 is 1.82 bits per heavy atom. The van der Waals surface area contributed by atoms with Crippen molar-refractivity contribution in [3.63, 3.8) is 0 Å². The molecule has 0 bridgehead atoms. The zero-order valence-corrected chi connectivity index (χ0v) is 19.6. The van der Waals surface area contributed by atoms with E-state index in [-0.39, 0.29) is 5.91 Å². The first kappa shape index (κ1) is 20.6. The summed E-state index contributed by atoms with van der Waals surface area (Å²) in [5.74, 6) is 1.66. The molecule has 4 heterocycles. The largest absolute Gasteiger partial charge is 0.352 e. The second kappa shape index (κ2) is 8.43. The van der Waals surface area contributed by atoms with Crippen LogP contribution >= 0.6 is 22.9 Å². The maximum Gasteiger partial charge on any atom is 0.228 e. The summed E-state index contributed by atoms with van der Waals surface area (Å²) in [5.41, 5.74) is 3.97. The highest BCUT2D eigenvalue weighted by atomic mass is 35.5. The maximum atomic E-state index is 13.0. The van der Waals surface area contributed by atoms with Crippen LogP contribution in [-0.4, -0.2) is 56.6 Å². The molecule has 0 atom stereocenters. The lowest BCUT2D eigenvalue weighted by molar-refractivity contribution is -0.130. The molecule has 1 amide bonds. The van der Waals surface area contributed by atoms with Crippen molar-refractivity contribution in [1.29, 1.82) is 0 Å². The van der Waals surface area contributed by atoms with Crippen LogP contribution in [0, 0.1) is 0 Å². The number of rotatable bonds is 5. The van der Waals surface area contributed by atoms with E-state index in [4.69, 9.17) is 16.6 Å². The first-order valence-corrected chi connectivity index (χ1v) is 12.5. The quantitative estimate of drug-likeness (QED) is 0.428. The average Bonchev–Trinajstić information content (AvgIpc) is 3.51. The number of benzene rings is 1. The van der Waals surface area contributed by atoms with Crippen LogP contribution in [0.4, 0.5) is 5.82 Å². The molecule has 1 aromatic carbocycles. The van der Waals surface area contributed by atoms with Gasteiger partial charge < -0.3 is 9.80 Å². The van der Waals surface area contributed by atoms with E-state index in [1.165, 1.54) is 12.8 Å². The van der Waals surface area contributed by atoms with Crippen molar-refractivity contribution in [3.05, 3.63) is 64.4 Å². The Labute approximate surface area is 200 Å². The van der Waals surface area contributed by atoms with E-state index in [1.54, 1.807) is 11.3 Å². The smallest absolute Gasteiger partial charge is 0.228 e. The van der Waals surface area contributed by atoms with Crippen molar-refractivity contribution in [2.24, 2.45) is 0 Å². The number of halogens is 1. The SMILES string of the molecule is O=C(Cc1csc2nc(-c3ccc(Cl)cc3)cn12)N1CCN(c2ccc(C3CC3)nn2)CC1. The van der Waals surface area contributed by atoms with E-state index in [1.807, 2.05) is 45.1 Å². The molecule has 6 rings (SSSR count). The molecule has 1 aliphatic carbocycles. The third kappa shape index (κ3) is 4.20. The van der Waals surface area contributed by atoms with E-state index in [0.717, 1.165) is 46.5 Å². The van der Waals surface area contributed by atoms with Crippen molar-refractivity contribution >= 4 is 39.6 Å². The average molecular weight is 479 g/mol. The number of imidazole rings is 1. The zero-order chi connectivity index (χ0) is 22.4. The number of amides is 1. The third-order valence-corrected chi connectivity index (χ3v) is 7.52. The summed E-state index contributed by atoms with van der Waals surface area (Å²) < 4.78 is 2.03. The van der Waals surface area contributed by atoms with Crippen molar-refractivity contribution < 1.29 is 4.79 Å². The lowest BCUT2D eigenvalue weighted by Gasteiger charge is -2.35. The van der Waals surface area contributed by atoms with Crippen LogP contribution in [0.15, 0.2) is 48.0 Å². The van der Waals surface area contributed by atoms with Gasteiger partial charge in [0.05, 0.1) is 17.8 Å². The molecule has 7 nitrogen and oxygen atoms in total. The second-order valence-corrected chi connectivity index (χ2v) is 9.92. The Hall–Kier alpha value is -2.97. The summed E-state index contributed by atoms with van der Waals surface area (Å²) >= 11 is 7.56. The van der Waals surface area contributed by atoms with E-state index in [0.29, 0.717) is 30.5 Å². The van der Waals surface area contributed by atoms with E-state index in [2.05, 4.69) is 27.2 Å². The highest BCUT2D eigenvalue weighted by Gasteiger charge is 2.27. The molecule has 0 spiro atoms. The molecule has 1 saturated carbocycles. The van der Waals surface area contributed by atoms with Gasteiger partial charge in [-0.15, -0.1) is 16.4 Å². The number of hydrogen-bond donors (Lipinski definition) is 0. The molecule has 0 radical (unpaired) electrons. The van der Waals surface area contributed by atoms with E-state index >= 15 is 0 Å². The molecule has 33 heavy (non-hydrogen) atoms. The molecule has 0 N–H and O–H groups in total. The second-order valence-electron chi connectivity index (χ2n) is 8.65. The Balaban J connectivity index is 1.10.